The first-order valence-corrected chi connectivity index (χ1v) is 5.84. The van der Waals surface area contributed by atoms with E-state index in [1.165, 1.54) is 18.4 Å². The molecule has 1 atom stereocenters. The van der Waals surface area contributed by atoms with Gasteiger partial charge < -0.3 is 10.1 Å². The molecule has 0 aliphatic carbocycles. The first-order valence-electron chi connectivity index (χ1n) is 5.47. The van der Waals surface area contributed by atoms with Crippen molar-refractivity contribution in [2.75, 3.05) is 13.2 Å². The second-order valence-electron chi connectivity index (χ2n) is 3.77. The van der Waals surface area contributed by atoms with Gasteiger partial charge in [-0.25, -0.2) is 0 Å². The van der Waals surface area contributed by atoms with Crippen LogP contribution in [-0.2, 0) is 0 Å². The van der Waals surface area contributed by atoms with Gasteiger partial charge in [0, 0.05) is 6.04 Å². The molecule has 3 heteroatoms. The van der Waals surface area contributed by atoms with Crippen LogP contribution in [0.15, 0.2) is 18.2 Å². The van der Waals surface area contributed by atoms with Crippen LogP contribution >= 0.6 is 11.6 Å². The molecule has 0 amide bonds. The predicted octanol–water partition coefficient (Wildman–Crippen LogP) is 3.16. The Morgan fingerprint density at radius 3 is 3.00 bits per heavy atom. The molecule has 1 aromatic carbocycles. The van der Waals surface area contributed by atoms with Gasteiger partial charge in [-0.3, -0.25) is 0 Å². The third kappa shape index (κ3) is 2.44. The molecule has 2 nitrogen and oxygen atoms in total. The summed E-state index contributed by atoms with van der Waals surface area (Å²) >= 11 is 6.13. The third-order valence-electron chi connectivity index (χ3n) is 2.72. The van der Waals surface area contributed by atoms with Crippen molar-refractivity contribution in [3.63, 3.8) is 0 Å². The van der Waals surface area contributed by atoms with Gasteiger partial charge in [0.1, 0.15) is 5.75 Å². The number of hydrogen-bond acceptors (Lipinski definition) is 2. The van der Waals surface area contributed by atoms with E-state index in [-0.39, 0.29) is 0 Å². The zero-order valence-electron chi connectivity index (χ0n) is 8.92. The van der Waals surface area contributed by atoms with Gasteiger partial charge in [-0.05, 0) is 44.0 Å². The zero-order valence-corrected chi connectivity index (χ0v) is 9.68. The maximum Gasteiger partial charge on any atom is 0.137 e. The fourth-order valence-electron chi connectivity index (χ4n) is 1.98. The topological polar surface area (TPSA) is 21.3 Å². The summed E-state index contributed by atoms with van der Waals surface area (Å²) in [6.07, 6.45) is 2.44. The van der Waals surface area contributed by atoms with Crippen LogP contribution in [0.5, 0.6) is 5.75 Å². The lowest BCUT2D eigenvalue weighted by Gasteiger charge is -2.12. The van der Waals surface area contributed by atoms with E-state index < -0.39 is 0 Å². The normalized spacial score (nSPS) is 20.5. The summed E-state index contributed by atoms with van der Waals surface area (Å²) in [7, 11) is 0. The number of rotatable bonds is 3. The monoisotopic (exact) mass is 225 g/mol. The minimum Gasteiger partial charge on any atom is -0.492 e. The Bertz CT molecular complexity index is 334. The van der Waals surface area contributed by atoms with Crippen LogP contribution in [0.3, 0.4) is 0 Å². The molecule has 1 unspecified atom stereocenters. The molecule has 0 aromatic heterocycles. The van der Waals surface area contributed by atoms with Gasteiger partial charge in [0.2, 0.25) is 0 Å². The molecule has 82 valence electrons. The highest BCUT2D eigenvalue weighted by atomic mass is 35.5. The van der Waals surface area contributed by atoms with Gasteiger partial charge in [0.15, 0.2) is 0 Å². The largest absolute Gasteiger partial charge is 0.492 e. The molecule has 1 N–H and O–H groups in total. The Morgan fingerprint density at radius 2 is 2.40 bits per heavy atom. The van der Waals surface area contributed by atoms with E-state index in [1.807, 2.05) is 19.1 Å². The van der Waals surface area contributed by atoms with Crippen molar-refractivity contribution in [3.05, 3.63) is 28.8 Å². The van der Waals surface area contributed by atoms with Gasteiger partial charge in [0.25, 0.3) is 0 Å². The molecule has 0 spiro atoms. The highest BCUT2D eigenvalue weighted by Crippen LogP contribution is 2.30. The summed E-state index contributed by atoms with van der Waals surface area (Å²) in [6, 6.07) is 6.54. The van der Waals surface area contributed by atoms with Crippen LogP contribution in [-0.4, -0.2) is 13.2 Å². The van der Waals surface area contributed by atoms with E-state index in [2.05, 4.69) is 11.4 Å². The lowest BCUT2D eigenvalue weighted by atomic mass is 10.1. The highest BCUT2D eigenvalue weighted by molar-refractivity contribution is 6.32. The quantitative estimate of drug-likeness (QED) is 0.853. The van der Waals surface area contributed by atoms with Crippen molar-refractivity contribution in [1.29, 1.82) is 0 Å². The molecule has 0 saturated carbocycles. The van der Waals surface area contributed by atoms with Crippen LogP contribution < -0.4 is 10.1 Å². The van der Waals surface area contributed by atoms with Crippen LogP contribution in [0.4, 0.5) is 0 Å². The number of benzene rings is 1. The Balaban J connectivity index is 2.16. The van der Waals surface area contributed by atoms with Crippen LogP contribution in [0.2, 0.25) is 5.02 Å². The minimum absolute atomic E-state index is 0.471. The molecule has 0 bridgehead atoms. The average molecular weight is 226 g/mol. The molecule has 1 saturated heterocycles. The Labute approximate surface area is 95.6 Å². The summed E-state index contributed by atoms with van der Waals surface area (Å²) in [5, 5.41) is 4.16. The van der Waals surface area contributed by atoms with Crippen molar-refractivity contribution < 1.29 is 4.74 Å². The second-order valence-corrected chi connectivity index (χ2v) is 4.18. The van der Waals surface area contributed by atoms with Crippen LogP contribution in [0.25, 0.3) is 0 Å². The molecule has 1 aliphatic rings. The molecule has 0 radical (unpaired) electrons. The molecular formula is C12H16ClNO. The molecular weight excluding hydrogens is 210 g/mol. The van der Waals surface area contributed by atoms with E-state index in [9.17, 15) is 0 Å². The van der Waals surface area contributed by atoms with E-state index in [0.29, 0.717) is 17.7 Å². The molecule has 1 aliphatic heterocycles. The van der Waals surface area contributed by atoms with Gasteiger partial charge in [0.05, 0.1) is 11.6 Å². The molecule has 1 heterocycles. The second kappa shape index (κ2) is 4.86. The molecule has 1 aromatic rings. The van der Waals surface area contributed by atoms with Crippen molar-refractivity contribution in [3.8, 4) is 5.75 Å². The van der Waals surface area contributed by atoms with E-state index >= 15 is 0 Å². The summed E-state index contributed by atoms with van der Waals surface area (Å²) in [5.74, 6) is 0.779. The molecule has 15 heavy (non-hydrogen) atoms. The van der Waals surface area contributed by atoms with Gasteiger partial charge in [-0.15, -0.1) is 0 Å². The van der Waals surface area contributed by atoms with Crippen molar-refractivity contribution >= 4 is 11.6 Å². The van der Waals surface area contributed by atoms with Crippen molar-refractivity contribution in [2.24, 2.45) is 0 Å². The molecule has 1 fully saturated rings. The minimum atomic E-state index is 0.471. The fourth-order valence-corrected chi connectivity index (χ4v) is 2.22. The smallest absolute Gasteiger partial charge is 0.137 e. The van der Waals surface area contributed by atoms with Crippen molar-refractivity contribution in [1.82, 2.24) is 5.32 Å². The van der Waals surface area contributed by atoms with Crippen molar-refractivity contribution in [2.45, 2.75) is 25.8 Å². The van der Waals surface area contributed by atoms with E-state index in [1.54, 1.807) is 0 Å². The number of nitrogens with one attached hydrogen (secondary N) is 1. The maximum absolute atomic E-state index is 6.13. The summed E-state index contributed by atoms with van der Waals surface area (Å²) in [6.45, 7) is 3.72. The predicted molar refractivity (Wildman–Crippen MR) is 62.6 cm³/mol. The van der Waals surface area contributed by atoms with Gasteiger partial charge >= 0.3 is 0 Å². The van der Waals surface area contributed by atoms with Crippen LogP contribution in [0.1, 0.15) is 31.4 Å². The maximum atomic E-state index is 6.13. The van der Waals surface area contributed by atoms with Crippen LogP contribution in [0, 0.1) is 0 Å². The average Bonchev–Trinajstić information content (AvgIpc) is 2.74. The first-order chi connectivity index (χ1) is 7.31. The lowest BCUT2D eigenvalue weighted by Crippen LogP contribution is -2.12. The molecule has 2 rings (SSSR count). The fraction of sp³-hybridized carbons (Fsp3) is 0.500. The van der Waals surface area contributed by atoms with Gasteiger partial charge in [-0.1, -0.05) is 17.7 Å². The SMILES string of the molecule is CCOc1ccc(C2CCCN2)cc1Cl. The lowest BCUT2D eigenvalue weighted by molar-refractivity contribution is 0.340. The summed E-state index contributed by atoms with van der Waals surface area (Å²) in [4.78, 5) is 0. The third-order valence-corrected chi connectivity index (χ3v) is 3.01. The Kier molecular flexibility index (Phi) is 3.49. The van der Waals surface area contributed by atoms with E-state index in [4.69, 9.17) is 16.3 Å². The van der Waals surface area contributed by atoms with Gasteiger partial charge in [-0.2, -0.15) is 0 Å². The standard InChI is InChI=1S/C12H16ClNO/c1-2-15-12-6-5-9(8-10(12)13)11-4-3-7-14-11/h5-6,8,11,14H,2-4,7H2,1H3. The zero-order chi connectivity index (χ0) is 10.7. The highest BCUT2D eigenvalue weighted by Gasteiger charge is 2.16. The number of halogens is 1. The Morgan fingerprint density at radius 1 is 1.53 bits per heavy atom. The summed E-state index contributed by atoms with van der Waals surface area (Å²) < 4.78 is 5.40. The first kappa shape index (κ1) is 10.8. The summed E-state index contributed by atoms with van der Waals surface area (Å²) in [5.41, 5.74) is 1.26. The Hall–Kier alpha value is -0.730. The number of ether oxygens (including phenoxy) is 1. The number of hydrogen-bond donors (Lipinski definition) is 1. The van der Waals surface area contributed by atoms with E-state index in [0.717, 1.165) is 12.3 Å².